The highest BCUT2D eigenvalue weighted by Crippen LogP contribution is 2.31. The molecule has 3 heterocycles. The predicted molar refractivity (Wildman–Crippen MR) is 161 cm³/mol. The van der Waals surface area contributed by atoms with Crippen molar-refractivity contribution in [3.63, 3.8) is 0 Å². The van der Waals surface area contributed by atoms with E-state index >= 15 is 0 Å². The number of carbonyl (C=O) groups excluding carboxylic acids is 2. The lowest BCUT2D eigenvalue weighted by Gasteiger charge is -2.25. The molecular weight excluding hydrogens is 550 g/mol. The molecule has 0 saturated carbocycles. The second-order valence-electron chi connectivity index (χ2n) is 9.55. The van der Waals surface area contributed by atoms with Gasteiger partial charge in [-0.05, 0) is 42.8 Å². The van der Waals surface area contributed by atoms with Gasteiger partial charge in [0.1, 0.15) is 11.5 Å². The number of furan rings is 1. The van der Waals surface area contributed by atoms with Crippen molar-refractivity contribution in [3.8, 4) is 11.3 Å². The number of esters is 1. The van der Waals surface area contributed by atoms with Crippen LogP contribution in [0.3, 0.4) is 0 Å². The number of fused-ring (bicyclic) bond motifs is 1. The Hall–Kier alpha value is -5.28. The molecule has 0 saturated heterocycles. The minimum absolute atomic E-state index is 0.293. The number of nitrogens with zero attached hydrogens (tertiary/aromatic N) is 2. The Bertz CT molecular complexity index is 2020. The fourth-order valence-electron chi connectivity index (χ4n) is 4.97. The molecule has 1 amide bonds. The Morgan fingerprint density at radius 1 is 0.952 bits per heavy atom. The summed E-state index contributed by atoms with van der Waals surface area (Å²) in [5.74, 6) is 0.0997. The summed E-state index contributed by atoms with van der Waals surface area (Å²) in [6.45, 7) is 1.78. The highest BCUT2D eigenvalue weighted by molar-refractivity contribution is 7.07. The minimum atomic E-state index is -0.674. The Morgan fingerprint density at radius 2 is 1.64 bits per heavy atom. The number of nitrogens with one attached hydrogen (secondary N) is 1. The fraction of sp³-hybridized carbons (Fsp3) is 0.0909. The van der Waals surface area contributed by atoms with E-state index in [0.29, 0.717) is 48.9 Å². The van der Waals surface area contributed by atoms with Crippen LogP contribution in [0.25, 0.3) is 17.4 Å². The SMILES string of the molecule is COC(=O)c1ccccc1-c1ccc(/C=c2/sc3n(c2=O)[C@H](c2ccccc2)C(C(=O)Nc2ccccc2)=C(C)N=3)o1. The number of para-hydroxylation sites is 1. The Balaban J connectivity index is 1.43. The molecule has 3 aromatic carbocycles. The zero-order valence-corrected chi connectivity index (χ0v) is 23.6. The molecule has 0 fully saturated rings. The van der Waals surface area contributed by atoms with Crippen molar-refractivity contribution in [2.45, 2.75) is 13.0 Å². The largest absolute Gasteiger partial charge is 0.465 e. The topological polar surface area (TPSA) is 103 Å². The standard InChI is InChI=1S/C33H25N3O5S/c1-20-28(30(37)35-22-13-7-4-8-14-22)29(21-11-5-3-6-12-21)36-31(38)27(42-33(36)34-20)19-23-17-18-26(41-23)24-15-9-10-16-25(24)32(39)40-2/h3-19,29H,1-2H3,(H,35,37)/b27-19+/t29-/m1/s1. The van der Waals surface area contributed by atoms with Crippen LogP contribution >= 0.6 is 11.3 Å². The van der Waals surface area contributed by atoms with Crippen LogP contribution in [0.5, 0.6) is 0 Å². The third-order valence-electron chi connectivity index (χ3n) is 6.91. The zero-order valence-electron chi connectivity index (χ0n) is 22.7. The van der Waals surface area contributed by atoms with Crippen molar-refractivity contribution >= 4 is 35.0 Å². The van der Waals surface area contributed by atoms with E-state index in [9.17, 15) is 14.4 Å². The average molecular weight is 576 g/mol. The van der Waals surface area contributed by atoms with Gasteiger partial charge in [-0.2, -0.15) is 0 Å². The number of thiazole rings is 1. The van der Waals surface area contributed by atoms with E-state index in [0.717, 1.165) is 5.56 Å². The maximum Gasteiger partial charge on any atom is 0.338 e. The monoisotopic (exact) mass is 575 g/mol. The Morgan fingerprint density at radius 3 is 2.38 bits per heavy atom. The van der Waals surface area contributed by atoms with Gasteiger partial charge in [0.2, 0.25) is 0 Å². The first kappa shape index (κ1) is 26.9. The van der Waals surface area contributed by atoms with Gasteiger partial charge in [0.25, 0.3) is 11.5 Å². The first-order valence-electron chi connectivity index (χ1n) is 13.2. The highest BCUT2D eigenvalue weighted by atomic mass is 32.1. The third kappa shape index (κ3) is 5.02. The zero-order chi connectivity index (χ0) is 29.2. The minimum Gasteiger partial charge on any atom is -0.465 e. The second-order valence-corrected chi connectivity index (χ2v) is 10.6. The van der Waals surface area contributed by atoms with E-state index in [2.05, 4.69) is 10.3 Å². The molecule has 1 atom stereocenters. The summed E-state index contributed by atoms with van der Waals surface area (Å²) in [6.07, 6.45) is 1.65. The van der Waals surface area contributed by atoms with Crippen molar-refractivity contribution in [1.82, 2.24) is 4.57 Å². The Labute approximate surface area is 244 Å². The molecule has 6 rings (SSSR count). The summed E-state index contributed by atoms with van der Waals surface area (Å²) < 4.78 is 12.9. The lowest BCUT2D eigenvalue weighted by molar-refractivity contribution is -0.113. The molecule has 0 bridgehead atoms. The van der Waals surface area contributed by atoms with Crippen LogP contribution in [0, 0.1) is 0 Å². The molecule has 1 aliphatic heterocycles. The van der Waals surface area contributed by atoms with Gasteiger partial charge >= 0.3 is 5.97 Å². The molecule has 0 aliphatic carbocycles. The third-order valence-corrected chi connectivity index (χ3v) is 7.89. The average Bonchev–Trinajstić information content (AvgIpc) is 3.60. The highest BCUT2D eigenvalue weighted by Gasteiger charge is 2.32. The number of rotatable bonds is 6. The molecular formula is C33H25N3O5S. The van der Waals surface area contributed by atoms with Crippen molar-refractivity contribution in [1.29, 1.82) is 0 Å². The molecule has 9 heteroatoms. The molecule has 0 unspecified atom stereocenters. The maximum atomic E-state index is 13.9. The van der Waals surface area contributed by atoms with E-state index in [1.54, 1.807) is 54.0 Å². The first-order chi connectivity index (χ1) is 20.4. The lowest BCUT2D eigenvalue weighted by Crippen LogP contribution is -2.40. The van der Waals surface area contributed by atoms with Crippen molar-refractivity contribution < 1.29 is 18.7 Å². The summed E-state index contributed by atoms with van der Waals surface area (Å²) in [7, 11) is 1.33. The second kappa shape index (κ2) is 11.3. The summed E-state index contributed by atoms with van der Waals surface area (Å²) >= 11 is 1.22. The molecule has 0 spiro atoms. The van der Waals surface area contributed by atoms with Gasteiger partial charge in [-0.3, -0.25) is 14.2 Å². The van der Waals surface area contributed by atoms with Gasteiger partial charge < -0.3 is 14.5 Å². The van der Waals surface area contributed by atoms with Crippen molar-refractivity contribution in [2.75, 3.05) is 12.4 Å². The molecule has 1 aliphatic rings. The van der Waals surface area contributed by atoms with Crippen LogP contribution in [0.2, 0.25) is 0 Å². The molecule has 0 radical (unpaired) electrons. The van der Waals surface area contributed by atoms with Gasteiger partial charge in [0.15, 0.2) is 4.80 Å². The molecule has 2 aromatic heterocycles. The number of ether oxygens (including phenoxy) is 1. The van der Waals surface area contributed by atoms with Crippen LogP contribution in [-0.2, 0) is 9.53 Å². The maximum absolute atomic E-state index is 13.9. The first-order valence-corrected chi connectivity index (χ1v) is 14.0. The molecule has 208 valence electrons. The normalized spacial score (nSPS) is 14.7. The number of anilines is 1. The molecule has 5 aromatic rings. The number of benzene rings is 3. The van der Waals surface area contributed by atoms with E-state index in [4.69, 9.17) is 9.15 Å². The van der Waals surface area contributed by atoms with Crippen LogP contribution < -0.4 is 20.2 Å². The number of methoxy groups -OCH3 is 1. The van der Waals surface area contributed by atoms with E-state index in [1.807, 2.05) is 60.7 Å². The summed E-state index contributed by atoms with van der Waals surface area (Å²) in [4.78, 5) is 45.0. The lowest BCUT2D eigenvalue weighted by atomic mass is 9.95. The quantitative estimate of drug-likeness (QED) is 0.290. The van der Waals surface area contributed by atoms with Crippen LogP contribution in [0.4, 0.5) is 5.69 Å². The number of hydrogen-bond donors (Lipinski definition) is 1. The van der Waals surface area contributed by atoms with Gasteiger partial charge in [0.05, 0.1) is 34.5 Å². The number of carbonyl (C=O) groups is 2. The number of aromatic nitrogens is 1. The number of hydrogen-bond acceptors (Lipinski definition) is 7. The van der Waals surface area contributed by atoms with Gasteiger partial charge in [0, 0.05) is 17.3 Å². The number of amides is 1. The molecule has 8 nitrogen and oxygen atoms in total. The predicted octanol–water partition coefficient (Wildman–Crippen LogP) is 4.92. The summed E-state index contributed by atoms with van der Waals surface area (Å²) in [6, 6.07) is 28.4. The van der Waals surface area contributed by atoms with Crippen molar-refractivity contribution in [3.05, 3.63) is 145 Å². The smallest absolute Gasteiger partial charge is 0.338 e. The molecule has 1 N–H and O–H groups in total. The van der Waals surface area contributed by atoms with Gasteiger partial charge in [-0.25, -0.2) is 9.79 Å². The van der Waals surface area contributed by atoms with Gasteiger partial charge in [-0.1, -0.05) is 78.1 Å². The fourth-order valence-corrected chi connectivity index (χ4v) is 6.00. The van der Waals surface area contributed by atoms with E-state index in [1.165, 1.54) is 18.4 Å². The van der Waals surface area contributed by atoms with Crippen LogP contribution in [0.15, 0.2) is 123 Å². The summed E-state index contributed by atoms with van der Waals surface area (Å²) in [5, 5.41) is 2.95. The molecule has 42 heavy (non-hydrogen) atoms. The van der Waals surface area contributed by atoms with Crippen molar-refractivity contribution in [2.24, 2.45) is 4.99 Å². The van der Waals surface area contributed by atoms with E-state index < -0.39 is 12.0 Å². The summed E-state index contributed by atoms with van der Waals surface area (Å²) in [5.41, 5.74) is 3.03. The van der Waals surface area contributed by atoms with Crippen LogP contribution in [0.1, 0.15) is 34.6 Å². The number of allylic oxidation sites excluding steroid dienone is 1. The van der Waals surface area contributed by atoms with Gasteiger partial charge in [-0.15, -0.1) is 0 Å². The van der Waals surface area contributed by atoms with Crippen LogP contribution in [-0.4, -0.2) is 23.6 Å². The Kier molecular flexibility index (Phi) is 7.24. The van der Waals surface area contributed by atoms with E-state index in [-0.39, 0.29) is 11.5 Å².